The monoisotopic (exact) mass is 328 g/mol. The van der Waals surface area contributed by atoms with Crippen molar-refractivity contribution in [2.24, 2.45) is 5.41 Å². The van der Waals surface area contributed by atoms with Crippen molar-refractivity contribution < 1.29 is 9.21 Å². The molecule has 0 saturated heterocycles. The van der Waals surface area contributed by atoms with Crippen molar-refractivity contribution >= 4 is 34.3 Å². The van der Waals surface area contributed by atoms with E-state index in [0.29, 0.717) is 27.7 Å². The number of nitrogens with one attached hydrogen (secondary N) is 1. The second-order valence-electron chi connectivity index (χ2n) is 6.39. The largest absolute Gasteiger partial charge is 0.436 e. The predicted octanol–water partition coefficient (Wildman–Crippen LogP) is 5.13. The Hall–Kier alpha value is -2.33. The number of hydrogen-bond acceptors (Lipinski definition) is 3. The molecule has 0 radical (unpaired) electrons. The van der Waals surface area contributed by atoms with Crippen LogP contribution in [0.25, 0.3) is 22.6 Å². The molecule has 3 rings (SSSR count). The van der Waals surface area contributed by atoms with Gasteiger partial charge in [-0.05, 0) is 24.3 Å². The number of carbonyl (C=O) groups excluding carboxylic acids is 1. The van der Waals surface area contributed by atoms with Crippen molar-refractivity contribution in [3.05, 3.63) is 47.5 Å². The molecule has 1 amide bonds. The number of rotatable bonds is 2. The summed E-state index contributed by atoms with van der Waals surface area (Å²) in [5.74, 6) is 0.410. The van der Waals surface area contributed by atoms with E-state index >= 15 is 0 Å². The summed E-state index contributed by atoms with van der Waals surface area (Å²) >= 11 is 6.18. The summed E-state index contributed by atoms with van der Waals surface area (Å²) in [4.78, 5) is 16.5. The maximum atomic E-state index is 12.1. The number of carbonyl (C=O) groups is 1. The molecule has 5 heteroatoms. The third kappa shape index (κ3) is 3.22. The second kappa shape index (κ2) is 5.70. The van der Waals surface area contributed by atoms with Crippen LogP contribution in [0.4, 0.5) is 5.69 Å². The molecule has 0 spiro atoms. The van der Waals surface area contributed by atoms with E-state index in [1.54, 1.807) is 12.1 Å². The zero-order chi connectivity index (χ0) is 16.6. The van der Waals surface area contributed by atoms with E-state index < -0.39 is 5.41 Å². The highest BCUT2D eigenvalue weighted by Gasteiger charge is 2.21. The highest BCUT2D eigenvalue weighted by atomic mass is 35.5. The summed E-state index contributed by atoms with van der Waals surface area (Å²) in [5.41, 5.74) is 2.28. The summed E-state index contributed by atoms with van der Waals surface area (Å²) in [5, 5.41) is 3.47. The minimum absolute atomic E-state index is 0.0531. The number of halogens is 1. The minimum atomic E-state index is -0.459. The molecule has 0 saturated carbocycles. The average Bonchev–Trinajstić information content (AvgIpc) is 2.89. The minimum Gasteiger partial charge on any atom is -0.436 e. The third-order valence-electron chi connectivity index (χ3n) is 3.43. The summed E-state index contributed by atoms with van der Waals surface area (Å²) in [6.07, 6.45) is 0. The van der Waals surface area contributed by atoms with Crippen molar-refractivity contribution in [1.82, 2.24) is 4.98 Å². The molecule has 0 aliphatic rings. The quantitative estimate of drug-likeness (QED) is 0.709. The van der Waals surface area contributed by atoms with Gasteiger partial charge in [0, 0.05) is 17.2 Å². The summed E-state index contributed by atoms with van der Waals surface area (Å²) in [6, 6.07) is 12.8. The molecule has 1 N–H and O–H groups in total. The SMILES string of the molecule is CC(C)(C)C(=O)Nc1ccc2nc(-c3ccccc3Cl)oc2c1. The van der Waals surface area contributed by atoms with Crippen LogP contribution in [0.2, 0.25) is 5.02 Å². The summed E-state index contributed by atoms with van der Waals surface area (Å²) in [7, 11) is 0. The lowest BCUT2D eigenvalue weighted by Gasteiger charge is -2.17. The van der Waals surface area contributed by atoms with Gasteiger partial charge in [-0.1, -0.05) is 44.5 Å². The maximum absolute atomic E-state index is 12.1. The number of amides is 1. The molecular formula is C18H17ClN2O2. The molecular weight excluding hydrogens is 312 g/mol. The Morgan fingerprint density at radius 1 is 1.17 bits per heavy atom. The Morgan fingerprint density at radius 2 is 1.91 bits per heavy atom. The average molecular weight is 329 g/mol. The van der Waals surface area contributed by atoms with Crippen LogP contribution in [0.5, 0.6) is 0 Å². The Kier molecular flexibility index (Phi) is 3.86. The number of oxazole rings is 1. The molecule has 1 heterocycles. The molecule has 0 unspecified atom stereocenters. The molecule has 2 aromatic carbocycles. The van der Waals surface area contributed by atoms with Gasteiger partial charge in [0.2, 0.25) is 11.8 Å². The maximum Gasteiger partial charge on any atom is 0.229 e. The first-order valence-corrected chi connectivity index (χ1v) is 7.69. The molecule has 0 atom stereocenters. The van der Waals surface area contributed by atoms with Gasteiger partial charge in [-0.2, -0.15) is 0 Å². The van der Waals surface area contributed by atoms with Crippen LogP contribution in [0.1, 0.15) is 20.8 Å². The Labute approximate surface area is 139 Å². The molecule has 1 aromatic heterocycles. The van der Waals surface area contributed by atoms with Crippen LogP contribution in [-0.2, 0) is 4.79 Å². The smallest absolute Gasteiger partial charge is 0.229 e. The van der Waals surface area contributed by atoms with Crippen molar-refractivity contribution in [2.75, 3.05) is 5.32 Å². The normalized spacial score (nSPS) is 11.7. The molecule has 118 valence electrons. The molecule has 0 bridgehead atoms. The first-order valence-electron chi connectivity index (χ1n) is 7.31. The van der Waals surface area contributed by atoms with E-state index in [4.69, 9.17) is 16.0 Å². The van der Waals surface area contributed by atoms with Crippen LogP contribution < -0.4 is 5.32 Å². The fraction of sp³-hybridized carbons (Fsp3) is 0.222. The fourth-order valence-corrected chi connectivity index (χ4v) is 2.29. The zero-order valence-electron chi connectivity index (χ0n) is 13.2. The molecule has 4 nitrogen and oxygen atoms in total. The summed E-state index contributed by atoms with van der Waals surface area (Å²) < 4.78 is 5.80. The van der Waals surface area contributed by atoms with Crippen LogP contribution in [0.15, 0.2) is 46.9 Å². The molecule has 3 aromatic rings. The van der Waals surface area contributed by atoms with Gasteiger partial charge in [-0.3, -0.25) is 4.79 Å². The first-order chi connectivity index (χ1) is 10.8. The van der Waals surface area contributed by atoms with Crippen molar-refractivity contribution in [2.45, 2.75) is 20.8 Å². The van der Waals surface area contributed by atoms with Gasteiger partial charge in [0.05, 0.1) is 10.6 Å². The first kappa shape index (κ1) is 15.6. The van der Waals surface area contributed by atoms with Crippen molar-refractivity contribution in [1.29, 1.82) is 0 Å². The Morgan fingerprint density at radius 3 is 2.61 bits per heavy atom. The summed E-state index contributed by atoms with van der Waals surface area (Å²) in [6.45, 7) is 5.60. The number of anilines is 1. The standard InChI is InChI=1S/C18H17ClN2O2/c1-18(2,3)17(22)20-11-8-9-14-15(10-11)23-16(21-14)12-6-4-5-7-13(12)19/h4-10H,1-3H3,(H,20,22). The lowest BCUT2D eigenvalue weighted by atomic mass is 9.95. The van der Waals surface area contributed by atoms with Gasteiger partial charge in [-0.25, -0.2) is 4.98 Å². The van der Waals surface area contributed by atoms with Crippen LogP contribution in [0, 0.1) is 5.41 Å². The van der Waals surface area contributed by atoms with E-state index in [-0.39, 0.29) is 5.91 Å². The number of aromatic nitrogens is 1. The van der Waals surface area contributed by atoms with E-state index in [2.05, 4.69) is 10.3 Å². The predicted molar refractivity (Wildman–Crippen MR) is 92.5 cm³/mol. The van der Waals surface area contributed by atoms with Gasteiger partial charge in [0.1, 0.15) is 5.52 Å². The topological polar surface area (TPSA) is 55.1 Å². The lowest BCUT2D eigenvalue weighted by molar-refractivity contribution is -0.123. The van der Waals surface area contributed by atoms with Gasteiger partial charge in [0.15, 0.2) is 5.58 Å². The number of fused-ring (bicyclic) bond motifs is 1. The van der Waals surface area contributed by atoms with Gasteiger partial charge in [0.25, 0.3) is 0 Å². The van der Waals surface area contributed by atoms with Gasteiger partial charge < -0.3 is 9.73 Å². The number of nitrogens with zero attached hydrogens (tertiary/aromatic N) is 1. The lowest BCUT2D eigenvalue weighted by Crippen LogP contribution is -2.27. The third-order valence-corrected chi connectivity index (χ3v) is 3.76. The molecule has 23 heavy (non-hydrogen) atoms. The van der Waals surface area contributed by atoms with Gasteiger partial charge in [-0.15, -0.1) is 0 Å². The van der Waals surface area contributed by atoms with E-state index in [9.17, 15) is 4.79 Å². The highest BCUT2D eigenvalue weighted by Crippen LogP contribution is 2.31. The van der Waals surface area contributed by atoms with Crippen LogP contribution >= 0.6 is 11.6 Å². The van der Waals surface area contributed by atoms with Crippen LogP contribution in [0.3, 0.4) is 0 Å². The molecule has 0 aliphatic heterocycles. The van der Waals surface area contributed by atoms with E-state index in [0.717, 1.165) is 5.56 Å². The fourth-order valence-electron chi connectivity index (χ4n) is 2.07. The van der Waals surface area contributed by atoms with E-state index in [1.165, 1.54) is 0 Å². The Bertz CT molecular complexity index is 878. The van der Waals surface area contributed by atoms with Crippen LogP contribution in [-0.4, -0.2) is 10.9 Å². The van der Waals surface area contributed by atoms with Crippen molar-refractivity contribution in [3.8, 4) is 11.5 Å². The molecule has 0 aliphatic carbocycles. The Balaban J connectivity index is 1.96. The number of benzene rings is 2. The van der Waals surface area contributed by atoms with Gasteiger partial charge >= 0.3 is 0 Å². The highest BCUT2D eigenvalue weighted by molar-refractivity contribution is 6.33. The van der Waals surface area contributed by atoms with E-state index in [1.807, 2.05) is 51.1 Å². The zero-order valence-corrected chi connectivity index (χ0v) is 13.9. The molecule has 0 fully saturated rings. The van der Waals surface area contributed by atoms with Crippen molar-refractivity contribution in [3.63, 3.8) is 0 Å². The number of hydrogen-bond donors (Lipinski definition) is 1. The second-order valence-corrected chi connectivity index (χ2v) is 6.79.